The Morgan fingerprint density at radius 1 is 1.48 bits per heavy atom. The SMILES string of the molecule is CC1CCCCN1CCCNS(=O)(=O)c1ccc(C#N)s1. The molecule has 0 aliphatic carbocycles. The van der Waals surface area contributed by atoms with Crippen molar-refractivity contribution in [2.45, 2.75) is 42.9 Å². The van der Waals surface area contributed by atoms with Crippen molar-refractivity contribution in [3.63, 3.8) is 0 Å². The summed E-state index contributed by atoms with van der Waals surface area (Å²) in [5.74, 6) is 0. The maximum absolute atomic E-state index is 12.1. The first kappa shape index (κ1) is 16.4. The first-order chi connectivity index (χ1) is 10.0. The van der Waals surface area contributed by atoms with Gasteiger partial charge in [-0.15, -0.1) is 11.3 Å². The molecule has 1 fully saturated rings. The first-order valence-corrected chi connectivity index (χ1v) is 9.56. The highest BCUT2D eigenvalue weighted by molar-refractivity contribution is 7.91. The van der Waals surface area contributed by atoms with E-state index in [-0.39, 0.29) is 4.21 Å². The topological polar surface area (TPSA) is 73.2 Å². The number of sulfonamides is 1. The lowest BCUT2D eigenvalue weighted by Crippen LogP contribution is -2.39. The highest BCUT2D eigenvalue weighted by Crippen LogP contribution is 2.20. The summed E-state index contributed by atoms with van der Waals surface area (Å²) in [6, 6.07) is 5.58. The molecule has 1 unspecified atom stereocenters. The molecule has 21 heavy (non-hydrogen) atoms. The van der Waals surface area contributed by atoms with Crippen LogP contribution in [0.1, 0.15) is 37.5 Å². The van der Waals surface area contributed by atoms with Gasteiger partial charge in [0.25, 0.3) is 0 Å². The van der Waals surface area contributed by atoms with Gasteiger partial charge in [0.1, 0.15) is 15.2 Å². The summed E-state index contributed by atoms with van der Waals surface area (Å²) >= 11 is 1.00. The smallest absolute Gasteiger partial charge is 0.250 e. The molecule has 1 aliphatic heterocycles. The molecule has 1 aromatic heterocycles. The Labute approximate surface area is 130 Å². The molecule has 1 atom stereocenters. The normalized spacial score (nSPS) is 20.3. The van der Waals surface area contributed by atoms with Crippen LogP contribution >= 0.6 is 11.3 Å². The minimum absolute atomic E-state index is 0.213. The Hall–Kier alpha value is -0.940. The van der Waals surface area contributed by atoms with E-state index in [0.717, 1.165) is 30.8 Å². The number of thiophene rings is 1. The van der Waals surface area contributed by atoms with Gasteiger partial charge in [-0.2, -0.15) is 5.26 Å². The monoisotopic (exact) mass is 327 g/mol. The Bertz CT molecular complexity index is 604. The van der Waals surface area contributed by atoms with Crippen LogP contribution in [0.2, 0.25) is 0 Å². The molecule has 1 saturated heterocycles. The van der Waals surface area contributed by atoms with E-state index in [4.69, 9.17) is 5.26 Å². The average Bonchev–Trinajstić information content (AvgIpc) is 2.95. The van der Waals surface area contributed by atoms with Crippen molar-refractivity contribution in [1.82, 2.24) is 9.62 Å². The molecule has 0 saturated carbocycles. The predicted octanol–water partition coefficient (Wildman–Crippen LogP) is 2.16. The molecule has 1 aromatic rings. The van der Waals surface area contributed by atoms with E-state index < -0.39 is 10.0 Å². The van der Waals surface area contributed by atoms with Gasteiger partial charge in [-0.25, -0.2) is 13.1 Å². The van der Waals surface area contributed by atoms with Gasteiger partial charge in [-0.3, -0.25) is 0 Å². The fraction of sp³-hybridized carbons (Fsp3) is 0.643. The Morgan fingerprint density at radius 3 is 2.95 bits per heavy atom. The zero-order chi connectivity index (χ0) is 15.3. The van der Waals surface area contributed by atoms with Crippen LogP contribution in [0.25, 0.3) is 0 Å². The summed E-state index contributed by atoms with van der Waals surface area (Å²) in [5, 5.41) is 8.74. The number of hydrogen-bond acceptors (Lipinski definition) is 5. The third kappa shape index (κ3) is 4.51. The second-order valence-electron chi connectivity index (χ2n) is 5.36. The van der Waals surface area contributed by atoms with E-state index in [1.165, 1.54) is 31.4 Å². The maximum Gasteiger partial charge on any atom is 0.250 e. The van der Waals surface area contributed by atoms with Crippen molar-refractivity contribution >= 4 is 21.4 Å². The minimum Gasteiger partial charge on any atom is -0.301 e. The molecule has 1 aliphatic rings. The van der Waals surface area contributed by atoms with Crippen LogP contribution < -0.4 is 4.72 Å². The molecule has 7 heteroatoms. The third-order valence-corrected chi connectivity index (χ3v) is 6.75. The lowest BCUT2D eigenvalue weighted by Gasteiger charge is -2.33. The molecule has 2 heterocycles. The van der Waals surface area contributed by atoms with Gasteiger partial charge in [0.05, 0.1) is 0 Å². The van der Waals surface area contributed by atoms with Gasteiger partial charge in [0.15, 0.2) is 0 Å². The van der Waals surface area contributed by atoms with Crippen molar-refractivity contribution in [1.29, 1.82) is 5.26 Å². The second kappa shape index (κ2) is 7.36. The largest absolute Gasteiger partial charge is 0.301 e. The number of piperidine rings is 1. The van der Waals surface area contributed by atoms with Crippen LogP contribution in [0.3, 0.4) is 0 Å². The Balaban J connectivity index is 1.78. The van der Waals surface area contributed by atoms with E-state index in [0.29, 0.717) is 17.5 Å². The predicted molar refractivity (Wildman–Crippen MR) is 83.7 cm³/mol. The van der Waals surface area contributed by atoms with E-state index in [1.54, 1.807) is 0 Å². The van der Waals surface area contributed by atoms with Crippen LogP contribution in [0.4, 0.5) is 0 Å². The Kier molecular flexibility index (Phi) is 5.76. The lowest BCUT2D eigenvalue weighted by atomic mass is 10.0. The second-order valence-corrected chi connectivity index (χ2v) is 8.44. The highest BCUT2D eigenvalue weighted by atomic mass is 32.2. The fourth-order valence-corrected chi connectivity index (χ4v) is 4.80. The van der Waals surface area contributed by atoms with Crippen molar-refractivity contribution in [3.8, 4) is 6.07 Å². The van der Waals surface area contributed by atoms with Gasteiger partial charge in [0.2, 0.25) is 10.0 Å². The summed E-state index contributed by atoms with van der Waals surface area (Å²) in [6.45, 7) is 4.71. The molecule has 0 bridgehead atoms. The highest BCUT2D eigenvalue weighted by Gasteiger charge is 2.19. The number of nitriles is 1. The summed E-state index contributed by atoms with van der Waals surface area (Å²) in [6.07, 6.45) is 4.57. The molecule has 0 radical (unpaired) electrons. The molecule has 0 aromatic carbocycles. The molecule has 0 spiro atoms. The van der Waals surface area contributed by atoms with Gasteiger partial charge in [0, 0.05) is 12.6 Å². The Morgan fingerprint density at radius 2 is 2.29 bits per heavy atom. The average molecular weight is 327 g/mol. The van der Waals surface area contributed by atoms with Gasteiger partial charge in [-0.1, -0.05) is 6.42 Å². The van der Waals surface area contributed by atoms with E-state index >= 15 is 0 Å². The number of rotatable bonds is 6. The first-order valence-electron chi connectivity index (χ1n) is 7.26. The zero-order valence-corrected chi connectivity index (χ0v) is 13.8. The summed E-state index contributed by atoms with van der Waals surface area (Å²) < 4.78 is 26.9. The standard InChI is InChI=1S/C14H21N3O2S2/c1-12-5-2-3-9-17(12)10-4-8-16-21(18,19)14-7-6-13(11-15)20-14/h6-7,12,16H,2-5,8-10H2,1H3. The fourth-order valence-electron chi connectivity index (χ4n) is 2.57. The summed E-state index contributed by atoms with van der Waals surface area (Å²) in [5.41, 5.74) is 0. The van der Waals surface area contributed by atoms with Crippen molar-refractivity contribution in [2.24, 2.45) is 0 Å². The van der Waals surface area contributed by atoms with E-state index in [2.05, 4.69) is 16.5 Å². The maximum atomic E-state index is 12.1. The molecule has 5 nitrogen and oxygen atoms in total. The van der Waals surface area contributed by atoms with Gasteiger partial charge < -0.3 is 4.90 Å². The number of nitrogens with one attached hydrogen (secondary N) is 1. The molecule has 2 rings (SSSR count). The lowest BCUT2D eigenvalue weighted by molar-refractivity contribution is 0.159. The molecular weight excluding hydrogens is 306 g/mol. The quantitative estimate of drug-likeness (QED) is 0.813. The third-order valence-electron chi connectivity index (χ3n) is 3.81. The zero-order valence-electron chi connectivity index (χ0n) is 12.2. The molecule has 116 valence electrons. The van der Waals surface area contributed by atoms with Crippen LogP contribution in [0.5, 0.6) is 0 Å². The van der Waals surface area contributed by atoms with Gasteiger partial charge >= 0.3 is 0 Å². The summed E-state index contributed by atoms with van der Waals surface area (Å²) in [7, 11) is -3.47. The van der Waals surface area contributed by atoms with E-state index in [9.17, 15) is 8.42 Å². The van der Waals surface area contributed by atoms with Gasteiger partial charge in [-0.05, 0) is 51.4 Å². The van der Waals surface area contributed by atoms with Crippen molar-refractivity contribution in [3.05, 3.63) is 17.0 Å². The number of hydrogen-bond donors (Lipinski definition) is 1. The van der Waals surface area contributed by atoms with E-state index in [1.807, 2.05) is 6.07 Å². The number of nitrogens with zero attached hydrogens (tertiary/aromatic N) is 2. The molecular formula is C14H21N3O2S2. The summed E-state index contributed by atoms with van der Waals surface area (Å²) in [4.78, 5) is 2.84. The van der Waals surface area contributed by atoms with Crippen LogP contribution in [-0.4, -0.2) is 39.0 Å². The van der Waals surface area contributed by atoms with Crippen LogP contribution in [0.15, 0.2) is 16.3 Å². The van der Waals surface area contributed by atoms with Crippen LogP contribution in [-0.2, 0) is 10.0 Å². The van der Waals surface area contributed by atoms with Crippen molar-refractivity contribution in [2.75, 3.05) is 19.6 Å². The molecule has 0 amide bonds. The van der Waals surface area contributed by atoms with Crippen molar-refractivity contribution < 1.29 is 8.42 Å². The van der Waals surface area contributed by atoms with Crippen LogP contribution in [0, 0.1) is 11.3 Å². The molecule has 1 N–H and O–H groups in total. The number of likely N-dealkylation sites (tertiary alicyclic amines) is 1. The minimum atomic E-state index is -3.47.